The molecule has 36 heavy (non-hydrogen) atoms. The lowest BCUT2D eigenvalue weighted by Crippen LogP contribution is -2.20. The number of phenolic OH excluding ortho intramolecular Hbond substituents is 2. The Balaban J connectivity index is 1.31. The van der Waals surface area contributed by atoms with Crippen LogP contribution in [-0.4, -0.2) is 22.6 Å². The SMILES string of the molecule is CCCCCCCCCCCCCCCCOc1cc(O)c2c(c1)OC(c1ccc(O)cc1)CC2=O. The fraction of sp³-hybridized carbons (Fsp3) is 0.581. The van der Waals surface area contributed by atoms with Crippen molar-refractivity contribution in [3.8, 4) is 23.0 Å². The molecule has 0 aromatic heterocycles. The quantitative estimate of drug-likeness (QED) is 0.214. The Morgan fingerprint density at radius 2 is 1.36 bits per heavy atom. The number of ether oxygens (including phenoxy) is 2. The molecule has 1 heterocycles. The van der Waals surface area contributed by atoms with Gasteiger partial charge in [0.25, 0.3) is 0 Å². The van der Waals surface area contributed by atoms with Gasteiger partial charge < -0.3 is 19.7 Å². The zero-order valence-corrected chi connectivity index (χ0v) is 22.0. The summed E-state index contributed by atoms with van der Waals surface area (Å²) in [5.41, 5.74) is 1.02. The lowest BCUT2D eigenvalue weighted by molar-refractivity contribution is 0.0844. The second kappa shape index (κ2) is 15.4. The van der Waals surface area contributed by atoms with Crippen LogP contribution >= 0.6 is 0 Å². The van der Waals surface area contributed by atoms with Crippen LogP contribution in [0.15, 0.2) is 36.4 Å². The van der Waals surface area contributed by atoms with E-state index in [0.29, 0.717) is 18.1 Å². The van der Waals surface area contributed by atoms with Crippen molar-refractivity contribution in [3.05, 3.63) is 47.5 Å². The lowest BCUT2D eigenvalue weighted by atomic mass is 9.95. The van der Waals surface area contributed by atoms with Crippen LogP contribution in [-0.2, 0) is 0 Å². The van der Waals surface area contributed by atoms with Gasteiger partial charge in [0.1, 0.15) is 34.7 Å². The number of carbonyl (C=O) groups is 1. The van der Waals surface area contributed by atoms with Crippen molar-refractivity contribution in [2.24, 2.45) is 0 Å². The summed E-state index contributed by atoms with van der Waals surface area (Å²) in [6, 6.07) is 9.84. The average molecular weight is 497 g/mol. The Morgan fingerprint density at radius 3 is 1.94 bits per heavy atom. The van der Waals surface area contributed by atoms with E-state index in [4.69, 9.17) is 9.47 Å². The molecule has 0 saturated carbocycles. The number of hydrogen-bond donors (Lipinski definition) is 2. The van der Waals surface area contributed by atoms with Gasteiger partial charge in [-0.3, -0.25) is 4.79 Å². The zero-order valence-electron chi connectivity index (χ0n) is 22.0. The van der Waals surface area contributed by atoms with Gasteiger partial charge >= 0.3 is 0 Å². The summed E-state index contributed by atoms with van der Waals surface area (Å²) in [4.78, 5) is 12.6. The van der Waals surface area contributed by atoms with E-state index >= 15 is 0 Å². The normalized spacial score (nSPS) is 14.9. The highest BCUT2D eigenvalue weighted by Crippen LogP contribution is 2.42. The zero-order chi connectivity index (χ0) is 25.6. The maximum Gasteiger partial charge on any atom is 0.174 e. The minimum Gasteiger partial charge on any atom is -0.508 e. The van der Waals surface area contributed by atoms with Crippen LogP contribution in [0.1, 0.15) is 125 Å². The number of phenols is 2. The topological polar surface area (TPSA) is 76.0 Å². The highest BCUT2D eigenvalue weighted by Gasteiger charge is 2.31. The Bertz CT molecular complexity index is 921. The number of hydrogen-bond acceptors (Lipinski definition) is 5. The molecule has 0 aliphatic carbocycles. The summed E-state index contributed by atoms with van der Waals surface area (Å²) in [5, 5.41) is 19.9. The molecule has 5 heteroatoms. The maximum absolute atomic E-state index is 12.6. The van der Waals surface area contributed by atoms with Crippen molar-refractivity contribution >= 4 is 5.78 Å². The van der Waals surface area contributed by atoms with Gasteiger partial charge in [0.05, 0.1) is 13.0 Å². The smallest absolute Gasteiger partial charge is 0.174 e. The molecule has 2 aromatic carbocycles. The predicted molar refractivity (Wildman–Crippen MR) is 144 cm³/mol. The number of fused-ring (bicyclic) bond motifs is 1. The first-order valence-electron chi connectivity index (χ1n) is 14.1. The molecule has 198 valence electrons. The van der Waals surface area contributed by atoms with Crippen LogP contribution in [0.2, 0.25) is 0 Å². The molecule has 0 spiro atoms. The van der Waals surface area contributed by atoms with Crippen LogP contribution < -0.4 is 9.47 Å². The highest BCUT2D eigenvalue weighted by molar-refractivity contribution is 6.02. The number of aromatic hydroxyl groups is 2. The summed E-state index contributed by atoms with van der Waals surface area (Å²) in [7, 11) is 0. The Kier molecular flexibility index (Phi) is 12.0. The first-order chi connectivity index (χ1) is 17.6. The summed E-state index contributed by atoms with van der Waals surface area (Å²) in [6.45, 7) is 2.84. The summed E-state index contributed by atoms with van der Waals surface area (Å²) >= 11 is 0. The van der Waals surface area contributed by atoms with E-state index in [0.717, 1.165) is 18.4 Å². The van der Waals surface area contributed by atoms with E-state index in [1.54, 1.807) is 30.3 Å². The van der Waals surface area contributed by atoms with Gasteiger partial charge in [0, 0.05) is 12.1 Å². The molecule has 0 radical (unpaired) electrons. The summed E-state index contributed by atoms with van der Waals surface area (Å²) < 4.78 is 11.9. The standard InChI is InChI=1S/C31H44O5/c1-2-3-4-5-6-7-8-9-10-11-12-13-14-15-20-35-26-21-27(33)31-28(34)23-29(36-30(31)22-26)24-16-18-25(32)19-17-24/h16-19,21-22,29,32-33H,2-15,20,23H2,1H3. The minimum atomic E-state index is -0.453. The van der Waals surface area contributed by atoms with Crippen molar-refractivity contribution in [2.45, 2.75) is 109 Å². The summed E-state index contributed by atoms with van der Waals surface area (Å²) in [6.07, 6.45) is 18.1. The van der Waals surface area contributed by atoms with Crippen LogP contribution in [0, 0.1) is 0 Å². The Hall–Kier alpha value is -2.69. The molecule has 0 fully saturated rings. The first kappa shape index (κ1) is 27.9. The number of Topliss-reactive ketones (excluding diaryl/α,β-unsaturated/α-hetero) is 1. The first-order valence-corrected chi connectivity index (χ1v) is 14.1. The van der Waals surface area contributed by atoms with E-state index in [2.05, 4.69) is 6.92 Å². The van der Waals surface area contributed by atoms with Gasteiger partial charge in [-0.25, -0.2) is 0 Å². The molecule has 3 rings (SSSR count). The molecule has 1 unspecified atom stereocenters. The molecular formula is C31H44O5. The van der Waals surface area contributed by atoms with Gasteiger partial charge in [-0.05, 0) is 24.1 Å². The van der Waals surface area contributed by atoms with Crippen molar-refractivity contribution in [1.82, 2.24) is 0 Å². The van der Waals surface area contributed by atoms with E-state index < -0.39 is 6.10 Å². The average Bonchev–Trinajstić information content (AvgIpc) is 2.86. The van der Waals surface area contributed by atoms with Crippen LogP contribution in [0.5, 0.6) is 23.0 Å². The fourth-order valence-corrected chi connectivity index (χ4v) is 4.86. The Labute approximate surface area is 216 Å². The Morgan fingerprint density at radius 1 is 0.806 bits per heavy atom. The molecule has 5 nitrogen and oxygen atoms in total. The molecule has 0 bridgehead atoms. The van der Waals surface area contributed by atoms with Crippen molar-refractivity contribution in [1.29, 1.82) is 0 Å². The third-order valence-corrected chi connectivity index (χ3v) is 7.01. The minimum absolute atomic E-state index is 0.0994. The van der Waals surface area contributed by atoms with Gasteiger partial charge in [-0.2, -0.15) is 0 Å². The van der Waals surface area contributed by atoms with E-state index in [1.807, 2.05) is 0 Å². The second-order valence-electron chi connectivity index (χ2n) is 10.1. The van der Waals surface area contributed by atoms with Gasteiger partial charge in [-0.1, -0.05) is 103 Å². The molecule has 0 saturated heterocycles. The lowest BCUT2D eigenvalue weighted by Gasteiger charge is -2.26. The second-order valence-corrected chi connectivity index (χ2v) is 10.1. The molecule has 2 N–H and O–H groups in total. The van der Waals surface area contributed by atoms with Gasteiger partial charge in [-0.15, -0.1) is 0 Å². The van der Waals surface area contributed by atoms with Crippen LogP contribution in [0.4, 0.5) is 0 Å². The van der Waals surface area contributed by atoms with Crippen molar-refractivity contribution in [2.75, 3.05) is 6.61 Å². The van der Waals surface area contributed by atoms with Crippen LogP contribution in [0.25, 0.3) is 0 Å². The van der Waals surface area contributed by atoms with E-state index in [-0.39, 0.29) is 29.3 Å². The largest absolute Gasteiger partial charge is 0.508 e. The third kappa shape index (κ3) is 9.07. The van der Waals surface area contributed by atoms with Gasteiger partial charge in [0.15, 0.2) is 5.78 Å². The number of carbonyl (C=O) groups excluding carboxylic acids is 1. The molecule has 1 aliphatic rings. The van der Waals surface area contributed by atoms with E-state index in [9.17, 15) is 15.0 Å². The number of ketones is 1. The molecule has 2 aromatic rings. The number of rotatable bonds is 17. The van der Waals surface area contributed by atoms with Gasteiger partial charge in [0.2, 0.25) is 0 Å². The van der Waals surface area contributed by atoms with Crippen LogP contribution in [0.3, 0.4) is 0 Å². The maximum atomic E-state index is 12.6. The third-order valence-electron chi connectivity index (χ3n) is 7.01. The number of benzene rings is 2. The highest BCUT2D eigenvalue weighted by atomic mass is 16.5. The molecular weight excluding hydrogens is 452 g/mol. The van der Waals surface area contributed by atoms with Crippen molar-refractivity contribution < 1.29 is 24.5 Å². The predicted octanol–water partition coefficient (Wildman–Crippen LogP) is 8.66. The number of unbranched alkanes of at least 4 members (excludes halogenated alkanes) is 13. The molecule has 1 atom stereocenters. The summed E-state index contributed by atoms with van der Waals surface area (Å²) in [5.74, 6) is 0.765. The molecule has 0 amide bonds. The fourth-order valence-electron chi connectivity index (χ4n) is 4.86. The van der Waals surface area contributed by atoms with Crippen molar-refractivity contribution in [3.63, 3.8) is 0 Å². The van der Waals surface area contributed by atoms with E-state index in [1.165, 1.54) is 83.1 Å². The monoisotopic (exact) mass is 496 g/mol. The molecule has 1 aliphatic heterocycles.